The third kappa shape index (κ3) is 4.68. The molecule has 162 valence electrons. The standard InChI is InChI=1S/C23H30N2O4S/c1-17-6-11-21(18(2)14-17)30(27,28)25-13-5-12-23(3,16-25)22(26)24-15-19-7-9-20(29-4)10-8-19/h6-11,14H,5,12-13,15-16H2,1-4H3,(H,24,26). The van der Waals surface area contributed by atoms with Gasteiger partial charge in [0, 0.05) is 19.6 Å². The van der Waals surface area contributed by atoms with Crippen molar-refractivity contribution in [3.05, 3.63) is 59.2 Å². The Balaban J connectivity index is 1.72. The van der Waals surface area contributed by atoms with Crippen LogP contribution in [0.1, 0.15) is 36.5 Å². The molecular weight excluding hydrogens is 400 g/mol. The van der Waals surface area contributed by atoms with E-state index >= 15 is 0 Å². The Hall–Kier alpha value is -2.38. The summed E-state index contributed by atoms with van der Waals surface area (Å²) in [6.45, 7) is 6.59. The number of benzene rings is 2. The molecule has 7 heteroatoms. The SMILES string of the molecule is COc1ccc(CNC(=O)C2(C)CCCN(S(=O)(=O)c3ccc(C)cc3C)C2)cc1. The number of piperidine rings is 1. The zero-order valence-electron chi connectivity index (χ0n) is 18.1. The van der Waals surface area contributed by atoms with Gasteiger partial charge in [-0.05, 0) is 62.9 Å². The molecule has 1 heterocycles. The van der Waals surface area contributed by atoms with Crippen molar-refractivity contribution in [3.63, 3.8) is 0 Å². The number of nitrogens with one attached hydrogen (secondary N) is 1. The smallest absolute Gasteiger partial charge is 0.243 e. The minimum absolute atomic E-state index is 0.126. The predicted octanol–water partition coefficient (Wildman–Crippen LogP) is 3.42. The molecule has 1 atom stereocenters. The average molecular weight is 431 g/mol. The van der Waals surface area contributed by atoms with Crippen molar-refractivity contribution in [2.45, 2.75) is 45.1 Å². The van der Waals surface area contributed by atoms with Crippen LogP contribution in [0.2, 0.25) is 0 Å². The number of nitrogens with zero attached hydrogens (tertiary/aromatic N) is 1. The molecule has 1 aliphatic heterocycles. The van der Waals surface area contributed by atoms with Gasteiger partial charge in [-0.15, -0.1) is 0 Å². The van der Waals surface area contributed by atoms with E-state index in [0.29, 0.717) is 30.8 Å². The number of carbonyl (C=O) groups is 1. The van der Waals surface area contributed by atoms with Crippen LogP contribution in [-0.4, -0.2) is 38.8 Å². The third-order valence-electron chi connectivity index (χ3n) is 5.77. The second-order valence-corrected chi connectivity index (χ2v) is 10.2. The predicted molar refractivity (Wildman–Crippen MR) is 117 cm³/mol. The topological polar surface area (TPSA) is 75.7 Å². The van der Waals surface area contributed by atoms with E-state index in [2.05, 4.69) is 5.32 Å². The van der Waals surface area contributed by atoms with Gasteiger partial charge in [-0.1, -0.05) is 29.8 Å². The summed E-state index contributed by atoms with van der Waals surface area (Å²) >= 11 is 0. The second kappa shape index (κ2) is 8.78. The number of aryl methyl sites for hydroxylation is 2. The maximum absolute atomic E-state index is 13.3. The number of carbonyl (C=O) groups excluding carboxylic acids is 1. The van der Waals surface area contributed by atoms with E-state index < -0.39 is 15.4 Å². The maximum atomic E-state index is 13.3. The highest BCUT2D eigenvalue weighted by Gasteiger charge is 2.42. The molecule has 0 aromatic heterocycles. The van der Waals surface area contributed by atoms with Crippen LogP contribution in [0.5, 0.6) is 5.75 Å². The summed E-state index contributed by atoms with van der Waals surface area (Å²) < 4.78 is 33.1. The van der Waals surface area contributed by atoms with Crippen molar-refractivity contribution in [2.75, 3.05) is 20.2 Å². The first-order chi connectivity index (χ1) is 14.2. The molecule has 1 amide bonds. The minimum atomic E-state index is -3.65. The van der Waals surface area contributed by atoms with Crippen LogP contribution in [-0.2, 0) is 21.4 Å². The first-order valence-corrected chi connectivity index (χ1v) is 11.6. The van der Waals surface area contributed by atoms with Gasteiger partial charge in [-0.3, -0.25) is 4.79 Å². The Kier molecular flexibility index (Phi) is 6.53. The highest BCUT2D eigenvalue weighted by molar-refractivity contribution is 7.89. The van der Waals surface area contributed by atoms with Gasteiger partial charge in [0.2, 0.25) is 15.9 Å². The molecule has 1 saturated heterocycles. The molecule has 6 nitrogen and oxygen atoms in total. The number of methoxy groups -OCH3 is 1. The highest BCUT2D eigenvalue weighted by atomic mass is 32.2. The van der Waals surface area contributed by atoms with E-state index in [1.54, 1.807) is 13.2 Å². The van der Waals surface area contributed by atoms with E-state index in [-0.39, 0.29) is 12.5 Å². The van der Waals surface area contributed by atoms with Gasteiger partial charge < -0.3 is 10.1 Å². The summed E-state index contributed by atoms with van der Waals surface area (Å²) in [5.74, 6) is 0.635. The lowest BCUT2D eigenvalue weighted by atomic mass is 9.82. The van der Waals surface area contributed by atoms with Gasteiger partial charge in [0.15, 0.2) is 0 Å². The number of hydrogen-bond donors (Lipinski definition) is 1. The Morgan fingerprint density at radius 2 is 1.87 bits per heavy atom. The quantitative estimate of drug-likeness (QED) is 0.762. The van der Waals surface area contributed by atoms with E-state index in [4.69, 9.17) is 4.74 Å². The Morgan fingerprint density at radius 3 is 2.50 bits per heavy atom. The van der Waals surface area contributed by atoms with Crippen molar-refractivity contribution in [3.8, 4) is 5.75 Å². The first-order valence-electron chi connectivity index (χ1n) is 10.1. The van der Waals surface area contributed by atoms with Crippen LogP contribution in [0.25, 0.3) is 0 Å². The van der Waals surface area contributed by atoms with E-state index in [1.807, 2.05) is 57.2 Å². The molecule has 1 unspecified atom stereocenters. The second-order valence-electron chi connectivity index (χ2n) is 8.30. The van der Waals surface area contributed by atoms with Gasteiger partial charge in [0.25, 0.3) is 0 Å². The molecule has 0 radical (unpaired) electrons. The molecule has 0 aliphatic carbocycles. The van der Waals surface area contributed by atoms with Gasteiger partial charge >= 0.3 is 0 Å². The maximum Gasteiger partial charge on any atom is 0.243 e. The Labute approximate surface area is 179 Å². The monoisotopic (exact) mass is 430 g/mol. The Bertz CT molecular complexity index is 1020. The molecule has 0 spiro atoms. The summed E-state index contributed by atoms with van der Waals surface area (Å²) in [5.41, 5.74) is 1.94. The summed E-state index contributed by atoms with van der Waals surface area (Å²) in [5, 5.41) is 2.98. The van der Waals surface area contributed by atoms with Crippen molar-refractivity contribution < 1.29 is 17.9 Å². The number of amides is 1. The molecule has 0 saturated carbocycles. The summed E-state index contributed by atoms with van der Waals surface area (Å²) in [6, 6.07) is 12.8. The van der Waals surface area contributed by atoms with Gasteiger partial charge in [-0.2, -0.15) is 4.31 Å². The summed E-state index contributed by atoms with van der Waals surface area (Å²) in [6.07, 6.45) is 1.30. The van der Waals surface area contributed by atoms with Crippen LogP contribution < -0.4 is 10.1 Å². The van der Waals surface area contributed by atoms with Crippen molar-refractivity contribution in [1.29, 1.82) is 0 Å². The van der Waals surface area contributed by atoms with Gasteiger partial charge in [-0.25, -0.2) is 8.42 Å². The molecule has 2 aromatic carbocycles. The van der Waals surface area contributed by atoms with E-state index in [1.165, 1.54) is 4.31 Å². The van der Waals surface area contributed by atoms with Crippen LogP contribution >= 0.6 is 0 Å². The summed E-state index contributed by atoms with van der Waals surface area (Å²) in [4.78, 5) is 13.3. The molecular formula is C23H30N2O4S. The fourth-order valence-corrected chi connectivity index (χ4v) is 5.76. The molecule has 2 aromatic rings. The lowest BCUT2D eigenvalue weighted by molar-refractivity contribution is -0.132. The van der Waals surface area contributed by atoms with Gasteiger partial charge in [0.05, 0.1) is 17.4 Å². The van der Waals surface area contributed by atoms with E-state index in [9.17, 15) is 13.2 Å². The van der Waals surface area contributed by atoms with Crippen molar-refractivity contribution in [1.82, 2.24) is 9.62 Å². The van der Waals surface area contributed by atoms with Crippen LogP contribution in [0.15, 0.2) is 47.4 Å². The summed E-state index contributed by atoms with van der Waals surface area (Å²) in [7, 11) is -2.04. The number of sulfonamides is 1. The normalized spacial score (nSPS) is 20.0. The zero-order chi connectivity index (χ0) is 21.9. The lowest BCUT2D eigenvalue weighted by Crippen LogP contribution is -2.51. The average Bonchev–Trinajstić information content (AvgIpc) is 2.72. The van der Waals surface area contributed by atoms with Crippen LogP contribution in [0.4, 0.5) is 0 Å². The Morgan fingerprint density at radius 1 is 1.17 bits per heavy atom. The lowest BCUT2D eigenvalue weighted by Gasteiger charge is -2.38. The molecule has 1 N–H and O–H groups in total. The zero-order valence-corrected chi connectivity index (χ0v) is 18.9. The largest absolute Gasteiger partial charge is 0.497 e. The van der Waals surface area contributed by atoms with Crippen LogP contribution in [0.3, 0.4) is 0 Å². The minimum Gasteiger partial charge on any atom is -0.497 e. The van der Waals surface area contributed by atoms with Crippen molar-refractivity contribution in [2.24, 2.45) is 5.41 Å². The number of ether oxygens (including phenoxy) is 1. The number of rotatable bonds is 6. The van der Waals surface area contributed by atoms with Crippen LogP contribution in [0, 0.1) is 19.3 Å². The molecule has 1 aliphatic rings. The van der Waals surface area contributed by atoms with Crippen molar-refractivity contribution >= 4 is 15.9 Å². The molecule has 0 bridgehead atoms. The van der Waals surface area contributed by atoms with Gasteiger partial charge in [0.1, 0.15) is 5.75 Å². The fourth-order valence-electron chi connectivity index (χ4n) is 3.95. The van der Waals surface area contributed by atoms with E-state index in [0.717, 1.165) is 22.4 Å². The highest BCUT2D eigenvalue weighted by Crippen LogP contribution is 2.33. The fraction of sp³-hybridized carbons (Fsp3) is 0.435. The molecule has 1 fully saturated rings. The third-order valence-corrected chi connectivity index (χ3v) is 7.78. The first kappa shape index (κ1) is 22.3. The molecule has 3 rings (SSSR count). The molecule has 30 heavy (non-hydrogen) atoms. The number of hydrogen-bond acceptors (Lipinski definition) is 4.